The van der Waals surface area contributed by atoms with Crippen molar-refractivity contribution in [3.63, 3.8) is 0 Å². The topological polar surface area (TPSA) is 97.0 Å². The van der Waals surface area contributed by atoms with Crippen LogP contribution in [-0.2, 0) is 14.3 Å². The molecule has 0 bridgehead atoms. The summed E-state index contributed by atoms with van der Waals surface area (Å²) in [5.74, 6) is 2.23. The van der Waals surface area contributed by atoms with Crippen LogP contribution in [0.25, 0.3) is 0 Å². The van der Waals surface area contributed by atoms with Gasteiger partial charge < -0.3 is 25.0 Å². The van der Waals surface area contributed by atoms with Gasteiger partial charge in [-0.25, -0.2) is 4.79 Å². The highest BCUT2D eigenvalue weighted by Crippen LogP contribution is 2.25. The van der Waals surface area contributed by atoms with Gasteiger partial charge >= 0.3 is 6.09 Å². The van der Waals surface area contributed by atoms with Gasteiger partial charge in [0.2, 0.25) is 5.91 Å². The molecular weight excluding hydrogens is 446 g/mol. The summed E-state index contributed by atoms with van der Waals surface area (Å²) in [6, 6.07) is 12.6. The van der Waals surface area contributed by atoms with Gasteiger partial charge in [0.1, 0.15) is 23.9 Å². The zero-order valence-corrected chi connectivity index (χ0v) is 20.5. The molecule has 0 fully saturated rings. The lowest BCUT2D eigenvalue weighted by Gasteiger charge is -2.31. The van der Waals surface area contributed by atoms with E-state index in [4.69, 9.17) is 15.9 Å². The number of methoxy groups -OCH3 is 1. The molecule has 2 N–H and O–H groups in total. The van der Waals surface area contributed by atoms with Gasteiger partial charge in [-0.15, -0.1) is 13.0 Å². The monoisotopic (exact) mass is 477 g/mol. The van der Waals surface area contributed by atoms with Crippen molar-refractivity contribution < 1.29 is 23.9 Å². The summed E-state index contributed by atoms with van der Waals surface area (Å²) in [5, 5.41) is 5.28. The maximum absolute atomic E-state index is 13.4. The molecule has 0 heterocycles. The van der Waals surface area contributed by atoms with Crippen molar-refractivity contribution >= 4 is 23.6 Å². The predicted octanol–water partition coefficient (Wildman–Crippen LogP) is 3.90. The summed E-state index contributed by atoms with van der Waals surface area (Å²) in [7, 11) is 1.55. The molecule has 0 aliphatic carbocycles. The molecule has 0 radical (unpaired) electrons. The van der Waals surface area contributed by atoms with Gasteiger partial charge in [0, 0.05) is 17.8 Å². The average molecular weight is 478 g/mol. The first-order valence-electron chi connectivity index (χ1n) is 11.0. The number of hydrogen-bond donors (Lipinski definition) is 2. The molecular formula is C27H31N3O5. The van der Waals surface area contributed by atoms with Gasteiger partial charge in [-0.2, -0.15) is 0 Å². The maximum atomic E-state index is 13.4. The Morgan fingerprint density at radius 3 is 2.26 bits per heavy atom. The molecule has 35 heavy (non-hydrogen) atoms. The van der Waals surface area contributed by atoms with Crippen LogP contribution in [0.2, 0.25) is 0 Å². The van der Waals surface area contributed by atoms with E-state index in [1.54, 1.807) is 76.4 Å². The minimum absolute atomic E-state index is 0.0619. The molecule has 1 atom stereocenters. The van der Waals surface area contributed by atoms with E-state index in [1.807, 2.05) is 0 Å². The van der Waals surface area contributed by atoms with Gasteiger partial charge in [0.05, 0.1) is 7.11 Å². The fourth-order valence-electron chi connectivity index (χ4n) is 3.17. The predicted molar refractivity (Wildman–Crippen MR) is 135 cm³/mol. The highest BCUT2D eigenvalue weighted by atomic mass is 16.6. The number of terminal acetylenes is 1. The highest BCUT2D eigenvalue weighted by Gasteiger charge is 2.31. The van der Waals surface area contributed by atoms with E-state index >= 15 is 0 Å². The number of anilines is 1. The molecule has 8 nitrogen and oxygen atoms in total. The van der Waals surface area contributed by atoms with E-state index in [0.717, 1.165) is 0 Å². The molecule has 0 saturated carbocycles. The number of nitrogens with zero attached hydrogens (tertiary/aromatic N) is 1. The lowest BCUT2D eigenvalue weighted by atomic mass is 10.0. The summed E-state index contributed by atoms with van der Waals surface area (Å²) >= 11 is 0. The highest BCUT2D eigenvalue weighted by molar-refractivity contribution is 5.98. The van der Waals surface area contributed by atoms with Crippen molar-refractivity contribution in [2.24, 2.45) is 0 Å². The number of amides is 3. The fourth-order valence-corrected chi connectivity index (χ4v) is 3.17. The number of carbonyl (C=O) groups excluding carboxylic acids is 3. The van der Waals surface area contributed by atoms with Crippen LogP contribution in [0.5, 0.6) is 5.75 Å². The fraction of sp³-hybridized carbons (Fsp3) is 0.296. The molecule has 0 saturated heterocycles. The molecule has 184 valence electrons. The Morgan fingerprint density at radius 1 is 1.11 bits per heavy atom. The second-order valence-corrected chi connectivity index (χ2v) is 8.58. The van der Waals surface area contributed by atoms with Crippen molar-refractivity contribution in [2.75, 3.05) is 25.5 Å². The Labute approximate surface area is 206 Å². The van der Waals surface area contributed by atoms with Gasteiger partial charge in [0.25, 0.3) is 5.91 Å². The van der Waals surface area contributed by atoms with E-state index in [0.29, 0.717) is 22.6 Å². The smallest absolute Gasteiger partial charge is 0.408 e. The third kappa shape index (κ3) is 8.23. The normalized spacial score (nSPS) is 11.4. The largest absolute Gasteiger partial charge is 0.497 e. The average Bonchev–Trinajstić information content (AvgIpc) is 2.82. The lowest BCUT2D eigenvalue weighted by Crippen LogP contribution is -2.46. The minimum atomic E-state index is -1.02. The van der Waals surface area contributed by atoms with Gasteiger partial charge in [0.15, 0.2) is 0 Å². The number of hydrogen-bond acceptors (Lipinski definition) is 5. The number of nitrogens with one attached hydrogen (secondary N) is 2. The van der Waals surface area contributed by atoms with Crippen LogP contribution < -0.4 is 15.4 Å². The van der Waals surface area contributed by atoms with Gasteiger partial charge in [-0.1, -0.05) is 24.1 Å². The molecule has 2 aromatic rings. The summed E-state index contributed by atoms with van der Waals surface area (Å²) in [6.45, 7) is 8.57. The van der Waals surface area contributed by atoms with Crippen LogP contribution in [0.4, 0.5) is 10.5 Å². The van der Waals surface area contributed by atoms with Crippen LogP contribution in [0.3, 0.4) is 0 Å². The first-order valence-corrected chi connectivity index (χ1v) is 11.0. The summed E-state index contributed by atoms with van der Waals surface area (Å²) < 4.78 is 10.3. The summed E-state index contributed by atoms with van der Waals surface area (Å²) in [5.41, 5.74) is 0.991. The van der Waals surface area contributed by atoms with Crippen molar-refractivity contribution in [2.45, 2.75) is 32.4 Å². The van der Waals surface area contributed by atoms with Gasteiger partial charge in [-0.05, 0) is 62.7 Å². The van der Waals surface area contributed by atoms with Crippen molar-refractivity contribution in [3.8, 4) is 18.1 Å². The quantitative estimate of drug-likeness (QED) is 0.422. The first kappa shape index (κ1) is 27.0. The van der Waals surface area contributed by atoms with Crippen LogP contribution in [0, 0.1) is 12.3 Å². The Morgan fingerprint density at radius 2 is 1.74 bits per heavy atom. The van der Waals surface area contributed by atoms with Crippen LogP contribution in [0.1, 0.15) is 37.9 Å². The van der Waals surface area contributed by atoms with E-state index in [1.165, 1.54) is 11.0 Å². The Balaban J connectivity index is 2.33. The van der Waals surface area contributed by atoms with E-state index < -0.39 is 29.6 Å². The van der Waals surface area contributed by atoms with Crippen LogP contribution >= 0.6 is 0 Å². The first-order chi connectivity index (χ1) is 16.6. The molecule has 0 spiro atoms. The second kappa shape index (κ2) is 12.3. The summed E-state index contributed by atoms with van der Waals surface area (Å²) in [6.07, 6.45) is 6.23. The Kier molecular flexibility index (Phi) is 9.47. The molecule has 1 unspecified atom stereocenters. The lowest BCUT2D eigenvalue weighted by molar-refractivity contribution is -0.137. The number of benzene rings is 2. The van der Waals surface area contributed by atoms with Crippen molar-refractivity contribution in [3.05, 3.63) is 72.3 Å². The number of carbonyl (C=O) groups is 3. The molecule has 3 amide bonds. The molecule has 8 heteroatoms. The number of alkyl carbamates (subject to hydrolysis) is 1. The third-order valence-electron chi connectivity index (χ3n) is 4.74. The van der Waals surface area contributed by atoms with Crippen LogP contribution in [-0.4, -0.2) is 48.6 Å². The molecule has 0 aliphatic rings. The molecule has 0 aromatic heterocycles. The van der Waals surface area contributed by atoms with Crippen molar-refractivity contribution in [1.82, 2.24) is 10.2 Å². The molecule has 2 rings (SSSR count). The van der Waals surface area contributed by atoms with Gasteiger partial charge in [-0.3, -0.25) is 9.59 Å². The zero-order valence-electron chi connectivity index (χ0n) is 20.5. The molecule has 2 aromatic carbocycles. The minimum Gasteiger partial charge on any atom is -0.497 e. The van der Waals surface area contributed by atoms with E-state index in [-0.39, 0.29) is 13.1 Å². The summed E-state index contributed by atoms with van der Waals surface area (Å²) in [4.78, 5) is 40.0. The SMILES string of the molecule is C#Cc1ccc(C(C(=O)Nc2ccc(OC)cc2)N(CC=C)C(=O)CNC(=O)OC(C)(C)C)cc1. The Bertz CT molecular complexity index is 1080. The molecule has 0 aliphatic heterocycles. The zero-order chi connectivity index (χ0) is 26.0. The van der Waals surface area contributed by atoms with E-state index in [9.17, 15) is 14.4 Å². The Hall–Kier alpha value is -4.25. The van der Waals surface area contributed by atoms with Crippen LogP contribution in [0.15, 0.2) is 61.2 Å². The maximum Gasteiger partial charge on any atom is 0.408 e. The number of rotatable bonds is 9. The standard InChI is InChI=1S/C27H31N3O5/c1-7-17-30(23(31)18-28-26(33)35-27(3,4)5)24(20-11-9-19(8-2)10-12-20)25(32)29-21-13-15-22(34-6)16-14-21/h2,7,9-16,24H,1,17-18H2,3-6H3,(H,28,33)(H,29,32). The van der Waals surface area contributed by atoms with E-state index in [2.05, 4.69) is 23.1 Å². The third-order valence-corrected chi connectivity index (χ3v) is 4.74. The second-order valence-electron chi connectivity index (χ2n) is 8.58. The number of ether oxygens (including phenoxy) is 2. The van der Waals surface area contributed by atoms with Crippen molar-refractivity contribution in [1.29, 1.82) is 0 Å².